The topological polar surface area (TPSA) is 12.9 Å². The molecule has 0 amide bonds. The van der Waals surface area contributed by atoms with Crippen LogP contribution in [0.15, 0.2) is 69.7 Å². The van der Waals surface area contributed by atoms with E-state index in [1.165, 1.54) is 16.7 Å². The minimum absolute atomic E-state index is 0.140. The molecule has 0 aliphatic carbocycles. The first kappa shape index (κ1) is 17.4. The van der Waals surface area contributed by atoms with Gasteiger partial charge in [0.2, 0.25) is 0 Å². The molecule has 3 aromatic rings. The van der Waals surface area contributed by atoms with Crippen molar-refractivity contribution in [1.29, 1.82) is 0 Å². The minimum atomic E-state index is 0.140. The smallest absolute Gasteiger partial charge is 0.0702 e. The highest BCUT2D eigenvalue weighted by Gasteiger charge is 2.16. The molecule has 3 rings (SSSR count). The maximum atomic E-state index is 4.42. The number of hydrogen-bond donors (Lipinski definition) is 0. The molecule has 0 saturated carbocycles. The van der Waals surface area contributed by atoms with E-state index in [4.69, 9.17) is 0 Å². The molecule has 122 valence electrons. The zero-order chi connectivity index (χ0) is 17.3. The van der Waals surface area contributed by atoms with Gasteiger partial charge in [-0.25, -0.2) is 0 Å². The highest BCUT2D eigenvalue weighted by Crippen LogP contribution is 2.37. The predicted molar refractivity (Wildman–Crippen MR) is 109 cm³/mol. The number of benzene rings is 2. The van der Waals surface area contributed by atoms with Gasteiger partial charge in [-0.3, -0.25) is 4.98 Å². The summed E-state index contributed by atoms with van der Waals surface area (Å²) in [5.74, 6) is 0. The molecule has 1 heterocycles. The van der Waals surface area contributed by atoms with E-state index < -0.39 is 0 Å². The molecule has 0 atom stereocenters. The normalized spacial score (nSPS) is 11.5. The molecule has 0 spiro atoms. The van der Waals surface area contributed by atoms with E-state index in [1.807, 2.05) is 24.4 Å². The van der Waals surface area contributed by atoms with Gasteiger partial charge < -0.3 is 0 Å². The van der Waals surface area contributed by atoms with Crippen molar-refractivity contribution in [2.75, 3.05) is 0 Å². The van der Waals surface area contributed by atoms with Gasteiger partial charge in [-0.15, -0.1) is 0 Å². The molecular weight excluding hydrogens is 426 g/mol. The Morgan fingerprint density at radius 2 is 1.46 bits per heavy atom. The Hall–Kier alpha value is -1.45. The third-order valence-corrected chi connectivity index (χ3v) is 5.37. The molecule has 0 aliphatic rings. The van der Waals surface area contributed by atoms with E-state index in [0.717, 1.165) is 20.2 Å². The van der Waals surface area contributed by atoms with Gasteiger partial charge >= 0.3 is 0 Å². The van der Waals surface area contributed by atoms with Crippen LogP contribution in [0.4, 0.5) is 0 Å². The molecule has 0 saturated heterocycles. The van der Waals surface area contributed by atoms with E-state index in [2.05, 4.69) is 94.0 Å². The monoisotopic (exact) mass is 443 g/mol. The van der Waals surface area contributed by atoms with Crippen molar-refractivity contribution in [1.82, 2.24) is 4.98 Å². The summed E-state index contributed by atoms with van der Waals surface area (Å²) in [5, 5.41) is 0. The lowest BCUT2D eigenvalue weighted by Crippen LogP contribution is -2.10. The van der Waals surface area contributed by atoms with E-state index in [-0.39, 0.29) is 5.41 Å². The average molecular weight is 445 g/mol. The summed E-state index contributed by atoms with van der Waals surface area (Å²) in [6.45, 7) is 6.68. The van der Waals surface area contributed by atoms with Crippen LogP contribution in [0.1, 0.15) is 26.3 Å². The van der Waals surface area contributed by atoms with Gasteiger partial charge in [-0.1, -0.05) is 83.0 Å². The SMILES string of the molecule is CC(C)(C)c1ccc(-c2ccc(-c3ccccn3)cc2Br)c(Br)c1. The van der Waals surface area contributed by atoms with Crippen molar-refractivity contribution < 1.29 is 0 Å². The fraction of sp³-hybridized carbons (Fsp3) is 0.190. The Labute approximate surface area is 160 Å². The minimum Gasteiger partial charge on any atom is -0.256 e. The fourth-order valence-corrected chi connectivity index (χ4v) is 3.81. The molecule has 24 heavy (non-hydrogen) atoms. The van der Waals surface area contributed by atoms with Crippen molar-refractivity contribution in [3.63, 3.8) is 0 Å². The van der Waals surface area contributed by atoms with Crippen LogP contribution in [0.3, 0.4) is 0 Å². The van der Waals surface area contributed by atoms with Crippen molar-refractivity contribution in [2.24, 2.45) is 0 Å². The fourth-order valence-electron chi connectivity index (χ4n) is 2.63. The van der Waals surface area contributed by atoms with Crippen molar-refractivity contribution in [2.45, 2.75) is 26.2 Å². The second-order valence-electron chi connectivity index (χ2n) is 6.85. The lowest BCUT2D eigenvalue weighted by Gasteiger charge is -2.20. The number of hydrogen-bond acceptors (Lipinski definition) is 1. The molecule has 0 N–H and O–H groups in total. The van der Waals surface area contributed by atoms with Gasteiger partial charge in [0, 0.05) is 20.7 Å². The van der Waals surface area contributed by atoms with E-state index in [9.17, 15) is 0 Å². The van der Waals surface area contributed by atoms with Crippen LogP contribution in [-0.4, -0.2) is 4.98 Å². The van der Waals surface area contributed by atoms with Gasteiger partial charge in [0.15, 0.2) is 0 Å². The van der Waals surface area contributed by atoms with E-state index in [0.29, 0.717) is 0 Å². The highest BCUT2D eigenvalue weighted by atomic mass is 79.9. The van der Waals surface area contributed by atoms with Gasteiger partial charge in [-0.05, 0) is 46.4 Å². The van der Waals surface area contributed by atoms with Crippen molar-refractivity contribution in [3.05, 3.63) is 75.3 Å². The van der Waals surface area contributed by atoms with Gasteiger partial charge in [0.05, 0.1) is 5.69 Å². The predicted octanol–water partition coefficient (Wildman–Crippen LogP) is 7.24. The van der Waals surface area contributed by atoms with E-state index >= 15 is 0 Å². The largest absolute Gasteiger partial charge is 0.256 e. The molecule has 0 bridgehead atoms. The van der Waals surface area contributed by atoms with Crippen LogP contribution in [0.2, 0.25) is 0 Å². The Kier molecular flexibility index (Phi) is 4.93. The quantitative estimate of drug-likeness (QED) is 0.405. The zero-order valence-electron chi connectivity index (χ0n) is 14.0. The molecule has 1 aromatic heterocycles. The Morgan fingerprint density at radius 1 is 0.792 bits per heavy atom. The van der Waals surface area contributed by atoms with Crippen molar-refractivity contribution >= 4 is 31.9 Å². The van der Waals surface area contributed by atoms with Gasteiger partial charge in [-0.2, -0.15) is 0 Å². The highest BCUT2D eigenvalue weighted by molar-refractivity contribution is 9.11. The molecule has 0 unspecified atom stereocenters. The number of nitrogens with zero attached hydrogens (tertiary/aromatic N) is 1. The van der Waals surface area contributed by atoms with Crippen LogP contribution in [0.25, 0.3) is 22.4 Å². The Morgan fingerprint density at radius 3 is 2.00 bits per heavy atom. The standard InChI is InChI=1S/C21H19Br2N/c1-21(2,3)15-8-10-17(19(23)13-15)16-9-7-14(12-18(16)22)20-6-4-5-11-24-20/h4-13H,1-3H3. The summed E-state index contributed by atoms with van der Waals surface area (Å²) in [6.07, 6.45) is 1.82. The zero-order valence-corrected chi connectivity index (χ0v) is 17.1. The first-order chi connectivity index (χ1) is 11.4. The number of aromatic nitrogens is 1. The summed E-state index contributed by atoms with van der Waals surface area (Å²) >= 11 is 7.47. The summed E-state index contributed by atoms with van der Waals surface area (Å²) in [7, 11) is 0. The third-order valence-electron chi connectivity index (χ3n) is 4.06. The van der Waals surface area contributed by atoms with Crippen molar-refractivity contribution in [3.8, 4) is 22.4 Å². The van der Waals surface area contributed by atoms with Gasteiger partial charge in [0.25, 0.3) is 0 Å². The molecule has 1 nitrogen and oxygen atoms in total. The molecule has 3 heteroatoms. The summed E-state index contributed by atoms with van der Waals surface area (Å²) in [4.78, 5) is 4.42. The molecule has 0 aliphatic heterocycles. The maximum Gasteiger partial charge on any atom is 0.0702 e. The third kappa shape index (κ3) is 3.62. The number of rotatable bonds is 2. The first-order valence-corrected chi connectivity index (χ1v) is 9.46. The average Bonchev–Trinajstić information content (AvgIpc) is 2.55. The molecule has 2 aromatic carbocycles. The summed E-state index contributed by atoms with van der Waals surface area (Å²) in [6, 6.07) is 19.0. The molecule has 0 fully saturated rings. The maximum absolute atomic E-state index is 4.42. The molecule has 0 radical (unpaired) electrons. The lowest BCUT2D eigenvalue weighted by molar-refractivity contribution is 0.590. The van der Waals surface area contributed by atoms with Crippen LogP contribution >= 0.6 is 31.9 Å². The number of pyridine rings is 1. The second-order valence-corrected chi connectivity index (χ2v) is 8.56. The number of halogens is 2. The Balaban J connectivity index is 2.02. The molecular formula is C21H19Br2N. The summed E-state index contributed by atoms with van der Waals surface area (Å²) < 4.78 is 2.18. The van der Waals surface area contributed by atoms with Crippen LogP contribution in [-0.2, 0) is 5.41 Å². The van der Waals surface area contributed by atoms with Crippen LogP contribution < -0.4 is 0 Å². The van der Waals surface area contributed by atoms with Gasteiger partial charge in [0.1, 0.15) is 0 Å². The Bertz CT molecular complexity index is 865. The second kappa shape index (κ2) is 6.81. The van der Waals surface area contributed by atoms with Crippen LogP contribution in [0, 0.1) is 0 Å². The lowest BCUT2D eigenvalue weighted by atomic mass is 9.86. The van der Waals surface area contributed by atoms with E-state index in [1.54, 1.807) is 0 Å². The van der Waals surface area contributed by atoms with Crippen LogP contribution in [0.5, 0.6) is 0 Å². The summed E-state index contributed by atoms with van der Waals surface area (Å²) in [5.41, 5.74) is 5.89. The first-order valence-electron chi connectivity index (χ1n) is 7.87.